The maximum atomic E-state index is 14.8. The molecule has 1 unspecified atom stereocenters. The molecule has 0 aliphatic carbocycles. The van der Waals surface area contributed by atoms with E-state index in [1.165, 1.54) is 11.3 Å². The van der Waals surface area contributed by atoms with Crippen LogP contribution >= 0.6 is 22.9 Å². The summed E-state index contributed by atoms with van der Waals surface area (Å²) in [6.07, 6.45) is 6.44. The van der Waals surface area contributed by atoms with Crippen LogP contribution in [0.15, 0.2) is 58.7 Å². The fourth-order valence-electron chi connectivity index (χ4n) is 6.51. The molecule has 6 rings (SSSR count). The Balaban J connectivity index is 1.61. The van der Waals surface area contributed by atoms with Crippen molar-refractivity contribution in [1.29, 1.82) is 0 Å². The summed E-state index contributed by atoms with van der Waals surface area (Å²) in [5.41, 5.74) is 6.73. The summed E-state index contributed by atoms with van der Waals surface area (Å²) in [7, 11) is 0. The molecule has 0 spiro atoms. The Bertz CT molecular complexity index is 1640. The fourth-order valence-corrected chi connectivity index (χ4v) is 7.47. The van der Waals surface area contributed by atoms with Crippen molar-refractivity contribution in [2.24, 2.45) is 5.92 Å². The first kappa shape index (κ1) is 29.8. The van der Waals surface area contributed by atoms with Crippen LogP contribution in [-0.4, -0.2) is 46.5 Å². The summed E-state index contributed by atoms with van der Waals surface area (Å²) in [5.74, 6) is 0.386. The van der Waals surface area contributed by atoms with Crippen LogP contribution in [-0.2, 0) is 19.3 Å². The molecule has 1 amide bonds. The number of halogens is 1. The Morgan fingerprint density at radius 3 is 2.42 bits per heavy atom. The van der Waals surface area contributed by atoms with Crippen LogP contribution in [0.4, 0.5) is 0 Å². The molecule has 4 aromatic rings. The second kappa shape index (κ2) is 13.2. The Labute approximate surface area is 262 Å². The number of aryl methyl sites for hydroxylation is 2. The minimum atomic E-state index is -0.108. The highest BCUT2D eigenvalue weighted by Crippen LogP contribution is 2.33. The zero-order valence-electron chi connectivity index (χ0n) is 25.0. The molecule has 43 heavy (non-hydrogen) atoms. The minimum Gasteiger partial charge on any atom is -0.339 e. The van der Waals surface area contributed by atoms with Gasteiger partial charge in [-0.1, -0.05) is 55.8 Å². The molecular weight excluding hydrogens is 576 g/mol. The lowest BCUT2D eigenvalue weighted by Gasteiger charge is -2.29. The van der Waals surface area contributed by atoms with Gasteiger partial charge in [0.1, 0.15) is 5.01 Å². The second-order valence-electron chi connectivity index (χ2n) is 11.7. The van der Waals surface area contributed by atoms with E-state index in [-0.39, 0.29) is 11.5 Å². The van der Waals surface area contributed by atoms with Crippen LogP contribution in [0.3, 0.4) is 0 Å². The van der Waals surface area contributed by atoms with E-state index in [2.05, 4.69) is 37.4 Å². The zero-order valence-corrected chi connectivity index (χ0v) is 26.6. The quantitative estimate of drug-likeness (QED) is 0.228. The van der Waals surface area contributed by atoms with Crippen LogP contribution in [0.1, 0.15) is 66.7 Å². The summed E-state index contributed by atoms with van der Waals surface area (Å²) in [6, 6.07) is 15.7. The maximum absolute atomic E-state index is 14.8. The summed E-state index contributed by atoms with van der Waals surface area (Å²) in [4.78, 5) is 36.1. The average molecular weight is 615 g/mol. The molecule has 224 valence electrons. The number of carbonyl (C=O) groups is 1. The standard InChI is InChI=1S/C35H39ClN4O2S/c1-3-24-9-8-10-25(4-2)32(24)40-31(19-23-15-16-37-21-23)28(34(41)39-17-6-5-7-18-39)20-29(35(40)42)33-38-30(22-43-33)26-11-13-27(36)14-12-26/h8-14,20,22-23,37H,3-7,15-19,21H2,1-2H3. The number of piperidine rings is 1. The van der Waals surface area contributed by atoms with E-state index in [4.69, 9.17) is 16.6 Å². The number of hydrogen-bond acceptors (Lipinski definition) is 5. The molecule has 0 radical (unpaired) electrons. The van der Waals surface area contributed by atoms with Gasteiger partial charge in [0.15, 0.2) is 0 Å². The molecule has 8 heteroatoms. The molecule has 4 heterocycles. The van der Waals surface area contributed by atoms with Gasteiger partial charge >= 0.3 is 0 Å². The third kappa shape index (κ3) is 6.08. The van der Waals surface area contributed by atoms with Gasteiger partial charge in [0, 0.05) is 34.7 Å². The van der Waals surface area contributed by atoms with E-state index in [9.17, 15) is 9.59 Å². The van der Waals surface area contributed by atoms with Crippen LogP contribution in [0.5, 0.6) is 0 Å². The van der Waals surface area contributed by atoms with E-state index < -0.39 is 0 Å². The van der Waals surface area contributed by atoms with E-state index in [1.54, 1.807) is 0 Å². The first-order valence-corrected chi connectivity index (χ1v) is 16.9. The highest BCUT2D eigenvalue weighted by molar-refractivity contribution is 7.13. The van der Waals surface area contributed by atoms with E-state index >= 15 is 0 Å². The largest absolute Gasteiger partial charge is 0.339 e. The zero-order chi connectivity index (χ0) is 29.9. The molecule has 2 aromatic carbocycles. The highest BCUT2D eigenvalue weighted by atomic mass is 35.5. The van der Waals surface area contributed by atoms with Crippen molar-refractivity contribution in [2.45, 2.75) is 58.8 Å². The number of benzene rings is 2. The number of carbonyl (C=O) groups excluding carboxylic acids is 1. The van der Waals surface area contributed by atoms with Gasteiger partial charge in [-0.2, -0.15) is 0 Å². The van der Waals surface area contributed by atoms with Crippen LogP contribution in [0, 0.1) is 5.92 Å². The Morgan fingerprint density at radius 1 is 1.05 bits per heavy atom. The third-order valence-electron chi connectivity index (χ3n) is 8.88. The molecule has 2 aliphatic heterocycles. The van der Waals surface area contributed by atoms with Crippen molar-refractivity contribution >= 4 is 28.8 Å². The van der Waals surface area contributed by atoms with Gasteiger partial charge in [0.05, 0.1) is 22.5 Å². The number of hydrogen-bond donors (Lipinski definition) is 1. The lowest BCUT2D eigenvalue weighted by atomic mass is 9.94. The molecule has 6 nitrogen and oxygen atoms in total. The third-order valence-corrected chi connectivity index (χ3v) is 10.0. The molecule has 0 bridgehead atoms. The molecule has 0 saturated carbocycles. The van der Waals surface area contributed by atoms with E-state index in [1.807, 2.05) is 45.2 Å². The second-order valence-corrected chi connectivity index (χ2v) is 12.9. The molecule has 1 N–H and O–H groups in total. The van der Waals surface area contributed by atoms with Gasteiger partial charge in [-0.05, 0) is 93.3 Å². The Hall–Kier alpha value is -3.26. The predicted molar refractivity (Wildman–Crippen MR) is 177 cm³/mol. The van der Waals surface area contributed by atoms with Gasteiger partial charge in [-0.25, -0.2) is 4.98 Å². The van der Waals surface area contributed by atoms with E-state index in [0.717, 1.165) is 98.5 Å². The number of aromatic nitrogens is 2. The number of amides is 1. The van der Waals surface area contributed by atoms with Gasteiger partial charge in [0.25, 0.3) is 11.5 Å². The van der Waals surface area contributed by atoms with Crippen molar-refractivity contribution in [3.8, 4) is 27.5 Å². The van der Waals surface area contributed by atoms with Crippen molar-refractivity contribution in [3.63, 3.8) is 0 Å². The number of pyridine rings is 1. The molecule has 1 atom stereocenters. The summed E-state index contributed by atoms with van der Waals surface area (Å²) >= 11 is 7.57. The lowest BCUT2D eigenvalue weighted by Crippen LogP contribution is -2.38. The van der Waals surface area contributed by atoms with Gasteiger partial charge in [0.2, 0.25) is 0 Å². The van der Waals surface area contributed by atoms with Crippen LogP contribution in [0.25, 0.3) is 27.5 Å². The number of thiazole rings is 1. The van der Waals surface area contributed by atoms with Crippen molar-refractivity contribution in [3.05, 3.63) is 91.7 Å². The predicted octanol–water partition coefficient (Wildman–Crippen LogP) is 7.18. The molecule has 2 aromatic heterocycles. The normalized spacial score (nSPS) is 17.0. The molecule has 2 saturated heterocycles. The summed E-state index contributed by atoms with van der Waals surface area (Å²) in [6.45, 7) is 7.61. The fraction of sp³-hybridized carbons (Fsp3) is 0.400. The van der Waals surface area contributed by atoms with Crippen molar-refractivity contribution < 1.29 is 4.79 Å². The summed E-state index contributed by atoms with van der Waals surface area (Å²) in [5, 5.41) is 6.75. The molecule has 2 fully saturated rings. The van der Waals surface area contributed by atoms with Gasteiger partial charge < -0.3 is 10.2 Å². The SMILES string of the molecule is CCc1cccc(CC)c1-n1c(CC2CCNC2)c(C(=O)N2CCCCC2)cc(-c2nc(-c3ccc(Cl)cc3)cs2)c1=O. The number of likely N-dealkylation sites (tertiary alicyclic amines) is 1. The Kier molecular flexibility index (Phi) is 9.12. The maximum Gasteiger partial charge on any atom is 0.265 e. The first-order chi connectivity index (χ1) is 21.0. The van der Waals surface area contributed by atoms with Gasteiger partial charge in [-0.15, -0.1) is 11.3 Å². The van der Waals surface area contributed by atoms with E-state index in [0.29, 0.717) is 33.5 Å². The smallest absolute Gasteiger partial charge is 0.265 e. The Morgan fingerprint density at radius 2 is 1.77 bits per heavy atom. The molecule has 2 aliphatic rings. The highest BCUT2D eigenvalue weighted by Gasteiger charge is 2.30. The monoisotopic (exact) mass is 614 g/mol. The number of nitrogens with one attached hydrogen (secondary N) is 1. The topological polar surface area (TPSA) is 67.2 Å². The van der Waals surface area contributed by atoms with Crippen LogP contribution in [0.2, 0.25) is 5.02 Å². The molecular formula is C35H39ClN4O2S. The lowest BCUT2D eigenvalue weighted by molar-refractivity contribution is 0.0722. The minimum absolute atomic E-state index is 0.0252. The van der Waals surface area contributed by atoms with Gasteiger partial charge in [-0.3, -0.25) is 14.2 Å². The number of rotatable bonds is 8. The first-order valence-electron chi connectivity index (χ1n) is 15.6. The number of para-hydroxylation sites is 1. The summed E-state index contributed by atoms with van der Waals surface area (Å²) < 4.78 is 1.91. The van der Waals surface area contributed by atoms with Crippen molar-refractivity contribution in [2.75, 3.05) is 26.2 Å². The number of nitrogens with zero attached hydrogens (tertiary/aromatic N) is 3. The van der Waals surface area contributed by atoms with Crippen molar-refractivity contribution in [1.82, 2.24) is 19.8 Å². The van der Waals surface area contributed by atoms with Crippen LogP contribution < -0.4 is 10.9 Å². The average Bonchev–Trinajstić information content (AvgIpc) is 3.75.